The molecule has 0 amide bonds. The van der Waals surface area contributed by atoms with Gasteiger partial charge < -0.3 is 4.74 Å². The van der Waals surface area contributed by atoms with Gasteiger partial charge in [-0.15, -0.1) is 21.5 Å². The second-order valence-electron chi connectivity index (χ2n) is 7.82. The highest BCUT2D eigenvalue weighted by Crippen LogP contribution is 2.39. The van der Waals surface area contributed by atoms with Crippen LogP contribution in [0.5, 0.6) is 5.75 Å². The lowest BCUT2D eigenvalue weighted by molar-refractivity contribution is 0.312. The number of aryl methyl sites for hydroxylation is 1. The van der Waals surface area contributed by atoms with E-state index < -0.39 is 10.0 Å². The number of hydrogen-bond acceptors (Lipinski definition) is 6. The highest BCUT2D eigenvalue weighted by molar-refractivity contribution is 7.89. The maximum Gasteiger partial charge on any atom is 0.246 e. The monoisotopic (exact) mass is 421 g/mol. The zero-order valence-corrected chi connectivity index (χ0v) is 18.1. The number of aromatic nitrogens is 2. The van der Waals surface area contributed by atoms with Gasteiger partial charge in [-0.05, 0) is 50.3 Å². The first kappa shape index (κ1) is 19.8. The van der Waals surface area contributed by atoms with Crippen LogP contribution in [0.2, 0.25) is 0 Å². The van der Waals surface area contributed by atoms with E-state index in [1.165, 1.54) is 32.8 Å². The van der Waals surface area contributed by atoms with Gasteiger partial charge in [0.15, 0.2) is 0 Å². The molecule has 8 heteroatoms. The second-order valence-corrected chi connectivity index (χ2v) is 10.8. The van der Waals surface area contributed by atoms with Crippen LogP contribution in [0, 0.1) is 6.92 Å². The Balaban J connectivity index is 1.56. The minimum atomic E-state index is -3.61. The predicted molar refractivity (Wildman–Crippen MR) is 110 cm³/mol. The van der Waals surface area contributed by atoms with E-state index in [1.54, 1.807) is 27.8 Å². The van der Waals surface area contributed by atoms with Gasteiger partial charge in [0.25, 0.3) is 0 Å². The Hall–Kier alpha value is -1.51. The average Bonchev–Trinajstić information content (AvgIpc) is 3.40. The van der Waals surface area contributed by atoms with Crippen molar-refractivity contribution in [3.05, 3.63) is 33.8 Å². The van der Waals surface area contributed by atoms with E-state index in [0.717, 1.165) is 28.4 Å². The average molecular weight is 422 g/mol. The summed E-state index contributed by atoms with van der Waals surface area (Å²) in [6.45, 7) is 2.88. The van der Waals surface area contributed by atoms with E-state index in [9.17, 15) is 8.42 Å². The van der Waals surface area contributed by atoms with Crippen molar-refractivity contribution < 1.29 is 13.2 Å². The highest BCUT2D eigenvalue weighted by atomic mass is 32.2. The molecule has 1 aromatic carbocycles. The van der Waals surface area contributed by atoms with Crippen molar-refractivity contribution in [2.45, 2.75) is 62.2 Å². The zero-order valence-electron chi connectivity index (χ0n) is 16.4. The molecule has 4 rings (SSSR count). The standard InChI is InChI=1S/C20H27N3O3S2/c1-14-9-10-17(26-2)18(12-14)28(24,25)23-11-5-8-16(13-23)20-22-21-19(27-20)15-6-3-4-7-15/h9-10,12,15-16H,3-8,11,13H2,1-2H3. The van der Waals surface area contributed by atoms with Gasteiger partial charge in [0.2, 0.25) is 10.0 Å². The quantitative estimate of drug-likeness (QED) is 0.727. The van der Waals surface area contributed by atoms with E-state index in [0.29, 0.717) is 24.8 Å². The van der Waals surface area contributed by atoms with E-state index in [4.69, 9.17) is 4.74 Å². The van der Waals surface area contributed by atoms with E-state index >= 15 is 0 Å². The van der Waals surface area contributed by atoms with Crippen LogP contribution in [0.25, 0.3) is 0 Å². The van der Waals surface area contributed by atoms with Crippen molar-refractivity contribution in [3.8, 4) is 5.75 Å². The van der Waals surface area contributed by atoms with Gasteiger partial charge in [-0.25, -0.2) is 8.42 Å². The van der Waals surface area contributed by atoms with Crippen LogP contribution >= 0.6 is 11.3 Å². The fraction of sp³-hybridized carbons (Fsp3) is 0.600. The van der Waals surface area contributed by atoms with Crippen molar-refractivity contribution in [2.75, 3.05) is 20.2 Å². The third-order valence-electron chi connectivity index (χ3n) is 5.83. The largest absolute Gasteiger partial charge is 0.495 e. The molecule has 1 aliphatic heterocycles. The molecule has 1 atom stereocenters. The molecule has 1 saturated heterocycles. The van der Waals surface area contributed by atoms with Crippen LogP contribution in [0.3, 0.4) is 0 Å². The fourth-order valence-corrected chi connectivity index (χ4v) is 7.14. The molecule has 28 heavy (non-hydrogen) atoms. The summed E-state index contributed by atoms with van der Waals surface area (Å²) in [6, 6.07) is 5.28. The first-order valence-corrected chi connectivity index (χ1v) is 12.2. The second kappa shape index (κ2) is 8.08. The molecule has 0 radical (unpaired) electrons. The number of methoxy groups -OCH3 is 1. The van der Waals surface area contributed by atoms with Crippen molar-refractivity contribution in [2.24, 2.45) is 0 Å². The molecule has 0 N–H and O–H groups in total. The van der Waals surface area contributed by atoms with E-state index in [-0.39, 0.29) is 10.8 Å². The van der Waals surface area contributed by atoms with Gasteiger partial charge in [0, 0.05) is 24.9 Å². The van der Waals surface area contributed by atoms with Crippen molar-refractivity contribution >= 4 is 21.4 Å². The van der Waals surface area contributed by atoms with Gasteiger partial charge in [-0.3, -0.25) is 0 Å². The molecule has 152 valence electrons. The van der Waals surface area contributed by atoms with Crippen LogP contribution < -0.4 is 4.74 Å². The Morgan fingerprint density at radius 1 is 1.07 bits per heavy atom. The first-order chi connectivity index (χ1) is 13.5. The third kappa shape index (κ3) is 3.82. The molecule has 1 aromatic heterocycles. The number of piperidine rings is 1. The molecular weight excluding hydrogens is 394 g/mol. The molecule has 1 saturated carbocycles. The van der Waals surface area contributed by atoms with Crippen LogP contribution in [-0.4, -0.2) is 43.1 Å². The molecule has 1 aliphatic carbocycles. The number of ether oxygens (including phenoxy) is 1. The number of rotatable bonds is 5. The van der Waals surface area contributed by atoms with E-state index in [2.05, 4.69) is 10.2 Å². The third-order valence-corrected chi connectivity index (χ3v) is 8.97. The van der Waals surface area contributed by atoms with Crippen molar-refractivity contribution in [1.29, 1.82) is 0 Å². The molecule has 2 aliphatic rings. The Morgan fingerprint density at radius 3 is 2.46 bits per heavy atom. The Labute approximate surface area is 171 Å². The molecule has 2 heterocycles. The normalized spacial score (nSPS) is 21.9. The van der Waals surface area contributed by atoms with Crippen molar-refractivity contribution in [1.82, 2.24) is 14.5 Å². The van der Waals surface area contributed by atoms with E-state index in [1.807, 2.05) is 13.0 Å². The summed E-state index contributed by atoms with van der Waals surface area (Å²) in [5.74, 6) is 1.06. The van der Waals surface area contributed by atoms with Crippen LogP contribution in [0.1, 0.15) is 65.9 Å². The molecule has 6 nitrogen and oxygen atoms in total. The van der Waals surface area contributed by atoms with Gasteiger partial charge in [0.05, 0.1) is 7.11 Å². The summed E-state index contributed by atoms with van der Waals surface area (Å²) in [4.78, 5) is 0.250. The highest BCUT2D eigenvalue weighted by Gasteiger charge is 2.34. The number of hydrogen-bond donors (Lipinski definition) is 0. The van der Waals surface area contributed by atoms with Gasteiger partial charge in [0.1, 0.15) is 20.7 Å². The maximum atomic E-state index is 13.3. The van der Waals surface area contributed by atoms with Crippen LogP contribution in [0.4, 0.5) is 0 Å². The van der Waals surface area contributed by atoms with Crippen LogP contribution in [0.15, 0.2) is 23.1 Å². The predicted octanol–water partition coefficient (Wildman–Crippen LogP) is 4.08. The summed E-state index contributed by atoms with van der Waals surface area (Å²) < 4.78 is 33.6. The molecule has 0 spiro atoms. The van der Waals surface area contributed by atoms with Crippen LogP contribution in [-0.2, 0) is 10.0 Å². The van der Waals surface area contributed by atoms with Crippen molar-refractivity contribution in [3.63, 3.8) is 0 Å². The summed E-state index contributed by atoms with van der Waals surface area (Å²) in [5.41, 5.74) is 0.901. The maximum absolute atomic E-state index is 13.3. The molecular formula is C20H27N3O3S2. The first-order valence-electron chi connectivity index (χ1n) is 9.97. The lowest BCUT2D eigenvalue weighted by atomic mass is 10.0. The summed E-state index contributed by atoms with van der Waals surface area (Å²) in [5, 5.41) is 11.0. The smallest absolute Gasteiger partial charge is 0.246 e. The minimum Gasteiger partial charge on any atom is -0.495 e. The molecule has 2 aromatic rings. The fourth-order valence-electron chi connectivity index (χ4n) is 4.24. The van der Waals surface area contributed by atoms with Gasteiger partial charge in [-0.2, -0.15) is 4.31 Å². The number of benzene rings is 1. The Kier molecular flexibility index (Phi) is 5.71. The lowest BCUT2D eigenvalue weighted by Crippen LogP contribution is -2.39. The van der Waals surface area contributed by atoms with Gasteiger partial charge >= 0.3 is 0 Å². The number of nitrogens with zero attached hydrogens (tertiary/aromatic N) is 3. The summed E-state index contributed by atoms with van der Waals surface area (Å²) in [7, 11) is -2.10. The summed E-state index contributed by atoms with van der Waals surface area (Å²) in [6.07, 6.45) is 6.73. The number of sulfonamides is 1. The lowest BCUT2D eigenvalue weighted by Gasteiger charge is -2.31. The Bertz CT molecular complexity index is 936. The summed E-state index contributed by atoms with van der Waals surface area (Å²) >= 11 is 1.69. The topological polar surface area (TPSA) is 72.4 Å². The molecule has 1 unspecified atom stereocenters. The zero-order chi connectivity index (χ0) is 19.7. The molecule has 0 bridgehead atoms. The molecule has 2 fully saturated rings. The SMILES string of the molecule is COc1ccc(C)cc1S(=O)(=O)N1CCCC(c2nnc(C3CCCC3)s2)C1. The Morgan fingerprint density at radius 2 is 1.75 bits per heavy atom. The van der Waals surface area contributed by atoms with Gasteiger partial charge in [-0.1, -0.05) is 18.9 Å². The minimum absolute atomic E-state index is 0.118.